The molecule has 3 aromatic rings. The van der Waals surface area contributed by atoms with Gasteiger partial charge in [-0.05, 0) is 35.9 Å². The largest absolute Gasteiger partial charge is 0.489 e. The van der Waals surface area contributed by atoms with Crippen molar-refractivity contribution in [3.8, 4) is 17.2 Å². The molecule has 0 atom stereocenters. The van der Waals surface area contributed by atoms with Gasteiger partial charge in [-0.15, -0.1) is 0 Å². The number of ether oxygens (including phenoxy) is 4. The lowest BCUT2D eigenvalue weighted by Gasteiger charge is -2.20. The van der Waals surface area contributed by atoms with Gasteiger partial charge in [-0.1, -0.05) is 48.0 Å². The molecule has 0 fully saturated rings. The fourth-order valence-corrected chi connectivity index (χ4v) is 3.29. The van der Waals surface area contributed by atoms with Gasteiger partial charge in [0.1, 0.15) is 32.2 Å². The van der Waals surface area contributed by atoms with Crippen LogP contribution in [-0.2, 0) is 18.0 Å². The molecule has 1 aliphatic rings. The lowest BCUT2D eigenvalue weighted by Crippen LogP contribution is -2.16. The number of benzene rings is 3. The summed E-state index contributed by atoms with van der Waals surface area (Å²) in [5, 5.41) is 0.435. The quantitative estimate of drug-likeness (QED) is 0.532. The second-order valence-corrected chi connectivity index (χ2v) is 6.84. The Morgan fingerprint density at radius 3 is 2.55 bits per heavy atom. The first-order valence-electron chi connectivity index (χ1n) is 9.21. The van der Waals surface area contributed by atoms with E-state index in [2.05, 4.69) is 0 Å². The van der Waals surface area contributed by atoms with Crippen LogP contribution < -0.4 is 14.2 Å². The number of carbonyl (C=O) groups is 1. The molecular weight excluding hydrogens is 392 g/mol. The van der Waals surface area contributed by atoms with E-state index in [1.807, 2.05) is 42.5 Å². The third kappa shape index (κ3) is 4.63. The van der Waals surface area contributed by atoms with Crippen LogP contribution in [0.5, 0.6) is 17.2 Å². The first-order chi connectivity index (χ1) is 14.2. The van der Waals surface area contributed by atoms with Gasteiger partial charge in [0.05, 0.1) is 10.6 Å². The molecule has 0 radical (unpaired) electrons. The molecule has 0 amide bonds. The molecule has 0 saturated heterocycles. The molecule has 0 spiro atoms. The zero-order valence-electron chi connectivity index (χ0n) is 15.6. The highest BCUT2D eigenvalue weighted by Gasteiger charge is 2.18. The zero-order chi connectivity index (χ0) is 20.1. The van der Waals surface area contributed by atoms with Gasteiger partial charge in [-0.3, -0.25) is 0 Å². The van der Waals surface area contributed by atoms with Crippen molar-refractivity contribution in [2.45, 2.75) is 13.2 Å². The molecule has 29 heavy (non-hydrogen) atoms. The van der Waals surface area contributed by atoms with E-state index in [0.29, 0.717) is 35.3 Å². The van der Waals surface area contributed by atoms with Crippen molar-refractivity contribution in [1.29, 1.82) is 0 Å². The Balaban J connectivity index is 1.43. The Bertz CT molecular complexity index is 1000. The third-order valence-electron chi connectivity index (χ3n) is 4.40. The van der Waals surface area contributed by atoms with Gasteiger partial charge in [-0.25, -0.2) is 4.79 Å². The normalized spacial score (nSPS) is 12.3. The molecule has 6 heteroatoms. The summed E-state index contributed by atoms with van der Waals surface area (Å²) in [6.07, 6.45) is 0. The average molecular weight is 411 g/mol. The summed E-state index contributed by atoms with van der Waals surface area (Å²) in [6.45, 7) is 1.26. The maximum Gasteiger partial charge on any atom is 0.338 e. The van der Waals surface area contributed by atoms with Gasteiger partial charge in [-0.2, -0.15) is 0 Å². The Morgan fingerprint density at radius 1 is 0.931 bits per heavy atom. The highest BCUT2D eigenvalue weighted by Crippen LogP contribution is 2.38. The van der Waals surface area contributed by atoms with E-state index in [-0.39, 0.29) is 13.2 Å². The van der Waals surface area contributed by atoms with Crippen LogP contribution in [0.2, 0.25) is 5.02 Å². The monoisotopic (exact) mass is 410 g/mol. The molecule has 5 nitrogen and oxygen atoms in total. The first kappa shape index (κ1) is 19.2. The minimum Gasteiger partial charge on any atom is -0.489 e. The van der Waals surface area contributed by atoms with Crippen LogP contribution >= 0.6 is 11.6 Å². The maximum atomic E-state index is 12.7. The molecule has 0 aliphatic carbocycles. The van der Waals surface area contributed by atoms with Crippen molar-refractivity contribution < 1.29 is 23.7 Å². The predicted molar refractivity (Wildman–Crippen MR) is 109 cm³/mol. The molecule has 4 rings (SSSR count). The summed E-state index contributed by atoms with van der Waals surface area (Å²) in [4.78, 5) is 12.7. The standard InChI is InChI=1S/C23H19ClO5/c24-20-12-16(13-21-22(20)27-11-10-26-21)14-29-23(25)19-9-5-4-6-17(19)15-28-18-7-2-1-3-8-18/h1-9,12-13H,10-11,14-15H2. The van der Waals surface area contributed by atoms with Crippen molar-refractivity contribution in [3.63, 3.8) is 0 Å². The summed E-state index contributed by atoms with van der Waals surface area (Å²) >= 11 is 6.24. The van der Waals surface area contributed by atoms with Gasteiger partial charge in [0, 0.05) is 5.56 Å². The molecule has 3 aromatic carbocycles. The van der Waals surface area contributed by atoms with Gasteiger partial charge in [0.2, 0.25) is 0 Å². The van der Waals surface area contributed by atoms with Crippen molar-refractivity contribution in [1.82, 2.24) is 0 Å². The van der Waals surface area contributed by atoms with Crippen LogP contribution in [-0.4, -0.2) is 19.2 Å². The molecule has 0 N–H and O–H groups in total. The molecule has 1 heterocycles. The van der Waals surface area contributed by atoms with E-state index in [9.17, 15) is 4.79 Å². The van der Waals surface area contributed by atoms with Crippen LogP contribution in [0, 0.1) is 0 Å². The number of carbonyl (C=O) groups excluding carboxylic acids is 1. The van der Waals surface area contributed by atoms with Crippen LogP contribution in [0.4, 0.5) is 0 Å². The molecule has 0 bridgehead atoms. The Morgan fingerprint density at radius 2 is 1.69 bits per heavy atom. The van der Waals surface area contributed by atoms with E-state index in [0.717, 1.165) is 16.9 Å². The Labute approximate surface area is 173 Å². The van der Waals surface area contributed by atoms with Gasteiger partial charge in [0.15, 0.2) is 11.5 Å². The molecule has 1 aliphatic heterocycles. The number of rotatable bonds is 6. The lowest BCUT2D eigenvalue weighted by molar-refractivity contribution is 0.0469. The summed E-state index contributed by atoms with van der Waals surface area (Å²) in [6, 6.07) is 20.2. The number of hydrogen-bond donors (Lipinski definition) is 0. The number of esters is 1. The summed E-state index contributed by atoms with van der Waals surface area (Å²) in [5.41, 5.74) is 1.94. The topological polar surface area (TPSA) is 54.0 Å². The first-order valence-corrected chi connectivity index (χ1v) is 9.59. The highest BCUT2D eigenvalue weighted by atomic mass is 35.5. The van der Waals surface area contributed by atoms with E-state index in [4.69, 9.17) is 30.5 Å². The van der Waals surface area contributed by atoms with E-state index in [1.165, 1.54) is 0 Å². The Hall–Kier alpha value is -3.18. The van der Waals surface area contributed by atoms with Crippen molar-refractivity contribution in [3.05, 3.63) is 88.4 Å². The number of hydrogen-bond acceptors (Lipinski definition) is 5. The molecule has 0 aromatic heterocycles. The summed E-state index contributed by atoms with van der Waals surface area (Å²) < 4.78 is 22.3. The average Bonchev–Trinajstić information content (AvgIpc) is 2.77. The van der Waals surface area contributed by atoms with Gasteiger partial charge >= 0.3 is 5.97 Å². The van der Waals surface area contributed by atoms with Crippen molar-refractivity contribution in [2.24, 2.45) is 0 Å². The van der Waals surface area contributed by atoms with Crippen molar-refractivity contribution >= 4 is 17.6 Å². The Kier molecular flexibility index (Phi) is 5.86. The SMILES string of the molecule is O=C(OCc1cc(Cl)c2c(c1)OCCO2)c1ccccc1COc1ccccc1. The highest BCUT2D eigenvalue weighted by molar-refractivity contribution is 6.32. The second-order valence-electron chi connectivity index (χ2n) is 6.44. The predicted octanol–water partition coefficient (Wildman–Crippen LogP) is 5.05. The fraction of sp³-hybridized carbons (Fsp3) is 0.174. The van der Waals surface area contributed by atoms with E-state index in [1.54, 1.807) is 24.3 Å². The van der Waals surface area contributed by atoms with E-state index < -0.39 is 5.97 Å². The summed E-state index contributed by atoms with van der Waals surface area (Å²) in [7, 11) is 0. The fourth-order valence-electron chi connectivity index (χ4n) is 3.00. The smallest absolute Gasteiger partial charge is 0.338 e. The second kappa shape index (κ2) is 8.88. The van der Waals surface area contributed by atoms with Crippen molar-refractivity contribution in [2.75, 3.05) is 13.2 Å². The number of halogens is 1. The maximum absolute atomic E-state index is 12.7. The van der Waals surface area contributed by atoms with Crippen LogP contribution in [0.3, 0.4) is 0 Å². The molecule has 148 valence electrons. The lowest BCUT2D eigenvalue weighted by atomic mass is 10.1. The van der Waals surface area contributed by atoms with Gasteiger partial charge < -0.3 is 18.9 Å². The van der Waals surface area contributed by atoms with E-state index >= 15 is 0 Å². The molecule has 0 saturated carbocycles. The molecule has 0 unspecified atom stereocenters. The number of para-hydroxylation sites is 1. The number of fused-ring (bicyclic) bond motifs is 1. The zero-order valence-corrected chi connectivity index (χ0v) is 16.4. The van der Waals surface area contributed by atoms with Crippen LogP contribution in [0.15, 0.2) is 66.7 Å². The van der Waals surface area contributed by atoms with Gasteiger partial charge in [0.25, 0.3) is 0 Å². The van der Waals surface area contributed by atoms with Crippen LogP contribution in [0.1, 0.15) is 21.5 Å². The summed E-state index contributed by atoms with van der Waals surface area (Å²) in [5.74, 6) is 1.40. The molecular formula is C23H19ClO5. The minimum absolute atomic E-state index is 0.0725. The third-order valence-corrected chi connectivity index (χ3v) is 4.68. The van der Waals surface area contributed by atoms with Crippen LogP contribution in [0.25, 0.3) is 0 Å². The minimum atomic E-state index is -0.428.